The molecule has 1 aliphatic heterocycles. The first kappa shape index (κ1) is 20.9. The van der Waals surface area contributed by atoms with Crippen molar-refractivity contribution in [1.29, 1.82) is 0 Å². The minimum atomic E-state index is -1.08. The largest absolute Gasteiger partial charge is 0.350 e. The Kier molecular flexibility index (Phi) is 5.21. The summed E-state index contributed by atoms with van der Waals surface area (Å²) in [6.45, 7) is 4.94. The molecule has 6 nitrogen and oxygen atoms in total. The van der Waals surface area contributed by atoms with Crippen LogP contribution in [0.15, 0.2) is 78.9 Å². The Morgan fingerprint density at radius 1 is 1.00 bits per heavy atom. The molecule has 1 aromatic heterocycles. The summed E-state index contributed by atoms with van der Waals surface area (Å²) in [5.74, 6) is -0.0516. The highest BCUT2D eigenvalue weighted by Gasteiger charge is 2.48. The van der Waals surface area contributed by atoms with Crippen molar-refractivity contribution in [2.75, 3.05) is 0 Å². The third kappa shape index (κ3) is 3.78. The summed E-state index contributed by atoms with van der Waals surface area (Å²) in [5.41, 5.74) is 3.64. The van der Waals surface area contributed by atoms with Crippen molar-refractivity contribution in [2.24, 2.45) is 0 Å². The Labute approximate surface area is 192 Å². The number of rotatable bonds is 5. The van der Waals surface area contributed by atoms with Gasteiger partial charge in [-0.25, -0.2) is 4.98 Å². The van der Waals surface area contributed by atoms with Crippen molar-refractivity contribution >= 4 is 22.8 Å². The quantitative estimate of drug-likeness (QED) is 0.511. The molecule has 2 amide bonds. The number of aryl methyl sites for hydroxylation is 1. The highest BCUT2D eigenvalue weighted by atomic mass is 16.2. The topological polar surface area (TPSA) is 67.2 Å². The van der Waals surface area contributed by atoms with Gasteiger partial charge in [0.25, 0.3) is 5.91 Å². The van der Waals surface area contributed by atoms with Crippen molar-refractivity contribution in [1.82, 2.24) is 19.8 Å². The third-order valence-electron chi connectivity index (χ3n) is 6.36. The molecule has 1 atom stereocenters. The van der Waals surface area contributed by atoms with Gasteiger partial charge in [-0.15, -0.1) is 0 Å². The van der Waals surface area contributed by atoms with Gasteiger partial charge in [0.1, 0.15) is 5.54 Å². The van der Waals surface area contributed by atoms with Gasteiger partial charge in [-0.05, 0) is 37.1 Å². The van der Waals surface area contributed by atoms with Crippen molar-refractivity contribution < 1.29 is 9.59 Å². The molecule has 0 spiro atoms. The lowest BCUT2D eigenvalue weighted by Crippen LogP contribution is -2.63. The van der Waals surface area contributed by atoms with Gasteiger partial charge < -0.3 is 14.8 Å². The number of hydrogen-bond donors (Lipinski definition) is 1. The van der Waals surface area contributed by atoms with Gasteiger partial charge in [0, 0.05) is 13.1 Å². The highest BCUT2D eigenvalue weighted by molar-refractivity contribution is 6.01. The number of amides is 2. The minimum Gasteiger partial charge on any atom is -0.350 e. The Bertz CT molecular complexity index is 1340. The Hall–Kier alpha value is -3.93. The van der Waals surface area contributed by atoms with E-state index in [2.05, 4.69) is 10.3 Å². The molecule has 5 rings (SSSR count). The minimum absolute atomic E-state index is 0.184. The zero-order valence-corrected chi connectivity index (χ0v) is 18.8. The van der Waals surface area contributed by atoms with Crippen LogP contribution in [0.2, 0.25) is 0 Å². The summed E-state index contributed by atoms with van der Waals surface area (Å²) in [6.07, 6.45) is 0. The van der Waals surface area contributed by atoms with Crippen molar-refractivity contribution in [3.05, 3.63) is 101 Å². The number of fused-ring (bicyclic) bond motifs is 3. The first-order valence-electron chi connectivity index (χ1n) is 11.1. The lowest BCUT2D eigenvalue weighted by molar-refractivity contribution is -0.133. The molecule has 2 heterocycles. The van der Waals surface area contributed by atoms with Crippen LogP contribution >= 0.6 is 0 Å². The molecule has 0 aliphatic carbocycles. The second kappa shape index (κ2) is 8.20. The second-order valence-corrected chi connectivity index (χ2v) is 8.83. The first-order chi connectivity index (χ1) is 16.0. The lowest BCUT2D eigenvalue weighted by Gasteiger charge is -2.43. The first-order valence-corrected chi connectivity index (χ1v) is 11.1. The summed E-state index contributed by atoms with van der Waals surface area (Å²) in [4.78, 5) is 33.6. The molecule has 1 aliphatic rings. The number of aromatic nitrogens is 2. The highest BCUT2D eigenvalue weighted by Crippen LogP contribution is 2.32. The van der Waals surface area contributed by atoms with E-state index in [0.29, 0.717) is 25.5 Å². The maximum Gasteiger partial charge on any atom is 0.291 e. The van der Waals surface area contributed by atoms with E-state index < -0.39 is 5.54 Å². The van der Waals surface area contributed by atoms with Crippen LogP contribution in [0.25, 0.3) is 11.0 Å². The molecule has 6 heteroatoms. The number of nitrogens with zero attached hydrogens (tertiary/aromatic N) is 3. The van der Waals surface area contributed by atoms with E-state index in [-0.39, 0.29) is 11.8 Å². The zero-order valence-electron chi connectivity index (χ0n) is 18.8. The standard InChI is InChI=1S/C27H26N4O2/c1-19-9-8-12-21(15-19)17-31-25(32)24-29-22-13-6-7-14-23(22)30(24)18-27(31,2)26(33)28-16-20-10-4-3-5-11-20/h3-15H,16-18H2,1-2H3,(H,28,33). The number of para-hydroxylation sites is 2. The van der Waals surface area contributed by atoms with Gasteiger partial charge in [0.15, 0.2) is 5.82 Å². The molecular weight excluding hydrogens is 412 g/mol. The SMILES string of the molecule is Cc1cccc(CN2C(=O)c3nc4ccccc4n3CC2(C)C(=O)NCc2ccccc2)c1. The van der Waals surface area contributed by atoms with E-state index in [0.717, 1.165) is 27.7 Å². The van der Waals surface area contributed by atoms with E-state index in [1.54, 1.807) is 4.90 Å². The van der Waals surface area contributed by atoms with Crippen molar-refractivity contribution in [2.45, 2.75) is 39.0 Å². The molecule has 166 valence electrons. The van der Waals surface area contributed by atoms with Crippen LogP contribution in [0, 0.1) is 6.92 Å². The van der Waals surface area contributed by atoms with Crippen LogP contribution in [-0.2, 0) is 24.4 Å². The summed E-state index contributed by atoms with van der Waals surface area (Å²) >= 11 is 0. The Balaban J connectivity index is 1.54. The number of carbonyl (C=O) groups is 2. The van der Waals surface area contributed by atoms with E-state index in [1.807, 2.05) is 97.3 Å². The summed E-state index contributed by atoms with van der Waals surface area (Å²) in [7, 11) is 0. The lowest BCUT2D eigenvalue weighted by atomic mass is 9.94. The molecular formula is C27H26N4O2. The fraction of sp³-hybridized carbons (Fsp3) is 0.222. The van der Waals surface area contributed by atoms with Gasteiger partial charge in [-0.2, -0.15) is 0 Å². The number of hydrogen-bond acceptors (Lipinski definition) is 3. The van der Waals surface area contributed by atoms with E-state index in [1.165, 1.54) is 0 Å². The smallest absolute Gasteiger partial charge is 0.291 e. The van der Waals surface area contributed by atoms with Crippen LogP contribution in [0.1, 0.15) is 34.2 Å². The fourth-order valence-electron chi connectivity index (χ4n) is 4.54. The molecule has 1 unspecified atom stereocenters. The summed E-state index contributed by atoms with van der Waals surface area (Å²) in [5, 5.41) is 3.06. The maximum absolute atomic E-state index is 13.7. The third-order valence-corrected chi connectivity index (χ3v) is 6.36. The molecule has 33 heavy (non-hydrogen) atoms. The van der Waals surface area contributed by atoms with E-state index >= 15 is 0 Å². The number of carbonyl (C=O) groups excluding carboxylic acids is 2. The van der Waals surface area contributed by atoms with Crippen molar-refractivity contribution in [3.8, 4) is 0 Å². The summed E-state index contributed by atoms with van der Waals surface area (Å²) < 4.78 is 1.88. The molecule has 3 aromatic carbocycles. The molecule has 4 aromatic rings. The van der Waals surface area contributed by atoms with Crippen molar-refractivity contribution in [3.63, 3.8) is 0 Å². The zero-order chi connectivity index (χ0) is 23.0. The molecule has 0 saturated heterocycles. The van der Waals surface area contributed by atoms with Crippen LogP contribution in [-0.4, -0.2) is 31.8 Å². The van der Waals surface area contributed by atoms with Gasteiger partial charge in [-0.3, -0.25) is 9.59 Å². The number of imidazole rings is 1. The fourth-order valence-corrected chi connectivity index (χ4v) is 4.54. The van der Waals surface area contributed by atoms with Crippen LogP contribution < -0.4 is 5.32 Å². The average Bonchev–Trinajstić information content (AvgIpc) is 3.19. The number of nitrogens with one attached hydrogen (secondary N) is 1. The molecule has 0 saturated carbocycles. The predicted molar refractivity (Wildman–Crippen MR) is 127 cm³/mol. The Morgan fingerprint density at radius 2 is 1.73 bits per heavy atom. The van der Waals surface area contributed by atoms with E-state index in [4.69, 9.17) is 0 Å². The molecule has 0 bridgehead atoms. The van der Waals surface area contributed by atoms with Crippen LogP contribution in [0.3, 0.4) is 0 Å². The second-order valence-electron chi connectivity index (χ2n) is 8.83. The summed E-state index contributed by atoms with van der Waals surface area (Å²) in [6, 6.07) is 25.5. The monoisotopic (exact) mass is 438 g/mol. The van der Waals surface area contributed by atoms with Gasteiger partial charge >= 0.3 is 0 Å². The Morgan fingerprint density at radius 3 is 2.52 bits per heavy atom. The van der Waals surface area contributed by atoms with Gasteiger partial charge in [0.05, 0.1) is 17.6 Å². The van der Waals surface area contributed by atoms with Gasteiger partial charge in [-0.1, -0.05) is 72.3 Å². The predicted octanol–water partition coefficient (Wildman–Crippen LogP) is 4.08. The van der Waals surface area contributed by atoms with Crippen LogP contribution in [0.5, 0.6) is 0 Å². The number of benzene rings is 3. The van der Waals surface area contributed by atoms with E-state index in [9.17, 15) is 9.59 Å². The average molecular weight is 439 g/mol. The maximum atomic E-state index is 13.7. The molecule has 1 N–H and O–H groups in total. The molecule has 0 fully saturated rings. The van der Waals surface area contributed by atoms with Crippen LogP contribution in [0.4, 0.5) is 0 Å². The normalized spacial score (nSPS) is 17.8. The van der Waals surface area contributed by atoms with Gasteiger partial charge in [0.2, 0.25) is 5.91 Å². The molecule has 0 radical (unpaired) electrons.